The third kappa shape index (κ3) is 5.05. The number of carbonyl (C=O) groups is 3. The van der Waals surface area contributed by atoms with Crippen molar-refractivity contribution in [1.82, 2.24) is 0 Å². The second kappa shape index (κ2) is 10.1. The first-order valence-corrected chi connectivity index (χ1v) is 10.5. The van der Waals surface area contributed by atoms with Crippen molar-refractivity contribution in [3.63, 3.8) is 0 Å². The zero-order valence-corrected chi connectivity index (χ0v) is 18.1. The number of ether oxygens (including phenoxy) is 2. The molecule has 0 spiro atoms. The van der Waals surface area contributed by atoms with Gasteiger partial charge in [0.05, 0.1) is 18.7 Å². The van der Waals surface area contributed by atoms with Crippen LogP contribution in [0.25, 0.3) is 0 Å². The first-order valence-electron chi connectivity index (χ1n) is 10.5. The normalized spacial score (nSPS) is 15.6. The Morgan fingerprint density at radius 2 is 1.74 bits per heavy atom. The van der Waals surface area contributed by atoms with Crippen molar-refractivity contribution in [2.45, 2.75) is 33.1 Å². The Hall–Kier alpha value is -3.35. The molecule has 0 radical (unpaired) electrons. The zero-order chi connectivity index (χ0) is 22.4. The molecule has 2 aromatic rings. The summed E-state index contributed by atoms with van der Waals surface area (Å²) in [6, 6.07) is 13.1. The predicted molar refractivity (Wildman–Crippen MR) is 118 cm³/mol. The highest BCUT2D eigenvalue weighted by Crippen LogP contribution is 2.33. The number of benzene rings is 2. The summed E-state index contributed by atoms with van der Waals surface area (Å²) in [7, 11) is 1.53. The van der Waals surface area contributed by atoms with Gasteiger partial charge >= 0.3 is 5.97 Å². The topological polar surface area (TPSA) is 84.9 Å². The van der Waals surface area contributed by atoms with Crippen LogP contribution in [0.5, 0.6) is 5.75 Å². The van der Waals surface area contributed by atoms with Crippen molar-refractivity contribution in [3.8, 4) is 5.75 Å². The van der Waals surface area contributed by atoms with Crippen molar-refractivity contribution in [2.24, 2.45) is 5.92 Å². The van der Waals surface area contributed by atoms with Crippen LogP contribution in [0.3, 0.4) is 0 Å². The van der Waals surface area contributed by atoms with Crippen molar-refractivity contribution in [3.05, 3.63) is 53.6 Å². The van der Waals surface area contributed by atoms with Gasteiger partial charge in [-0.3, -0.25) is 14.4 Å². The van der Waals surface area contributed by atoms with Gasteiger partial charge < -0.3 is 19.7 Å². The van der Waals surface area contributed by atoms with E-state index in [2.05, 4.69) is 5.32 Å². The SMILES string of the molecule is CCc1cccc(CC)c1NC(=O)COC(=O)[C@H]1CC(=O)N(c2ccccc2OC)C1. The summed E-state index contributed by atoms with van der Waals surface area (Å²) in [5.74, 6) is -1.19. The molecule has 3 rings (SSSR count). The number of para-hydroxylation sites is 3. The Morgan fingerprint density at radius 1 is 1.06 bits per heavy atom. The smallest absolute Gasteiger partial charge is 0.311 e. The van der Waals surface area contributed by atoms with E-state index in [1.54, 1.807) is 18.2 Å². The Kier molecular flexibility index (Phi) is 7.28. The maximum atomic E-state index is 12.5. The van der Waals surface area contributed by atoms with Gasteiger partial charge in [0.25, 0.3) is 5.91 Å². The number of carbonyl (C=O) groups excluding carboxylic acids is 3. The summed E-state index contributed by atoms with van der Waals surface area (Å²) in [6.07, 6.45) is 1.61. The maximum absolute atomic E-state index is 12.5. The third-order valence-corrected chi connectivity index (χ3v) is 5.44. The summed E-state index contributed by atoms with van der Waals surface area (Å²) < 4.78 is 10.5. The number of esters is 1. The third-order valence-electron chi connectivity index (χ3n) is 5.44. The highest BCUT2D eigenvalue weighted by atomic mass is 16.5. The minimum Gasteiger partial charge on any atom is -0.495 e. The van der Waals surface area contributed by atoms with Crippen molar-refractivity contribution < 1.29 is 23.9 Å². The van der Waals surface area contributed by atoms with Crippen LogP contribution >= 0.6 is 0 Å². The van der Waals surface area contributed by atoms with Gasteiger partial charge in [-0.25, -0.2) is 0 Å². The van der Waals surface area contributed by atoms with Crippen LogP contribution in [-0.2, 0) is 32.0 Å². The lowest BCUT2D eigenvalue weighted by atomic mass is 10.0. The van der Waals surface area contributed by atoms with Gasteiger partial charge in [-0.15, -0.1) is 0 Å². The van der Waals surface area contributed by atoms with Gasteiger partial charge in [0, 0.05) is 18.7 Å². The van der Waals surface area contributed by atoms with Crippen molar-refractivity contribution >= 4 is 29.2 Å². The number of nitrogens with one attached hydrogen (secondary N) is 1. The molecule has 1 fully saturated rings. The molecule has 164 valence electrons. The summed E-state index contributed by atoms with van der Waals surface area (Å²) in [6.45, 7) is 3.85. The molecule has 31 heavy (non-hydrogen) atoms. The molecule has 7 nitrogen and oxygen atoms in total. The number of hydrogen-bond donors (Lipinski definition) is 1. The van der Waals surface area contributed by atoms with E-state index in [0.29, 0.717) is 11.4 Å². The lowest BCUT2D eigenvalue weighted by Crippen LogP contribution is -2.28. The van der Waals surface area contributed by atoms with E-state index >= 15 is 0 Å². The van der Waals surface area contributed by atoms with Crippen LogP contribution in [0.4, 0.5) is 11.4 Å². The first-order chi connectivity index (χ1) is 15.0. The van der Waals surface area contributed by atoms with Crippen LogP contribution in [0.2, 0.25) is 0 Å². The molecule has 2 aromatic carbocycles. The molecule has 1 N–H and O–H groups in total. The average Bonchev–Trinajstić information content (AvgIpc) is 3.18. The number of rotatable bonds is 8. The van der Waals surface area contributed by atoms with E-state index in [0.717, 1.165) is 29.7 Å². The van der Waals surface area contributed by atoms with E-state index in [9.17, 15) is 14.4 Å². The first kappa shape index (κ1) is 22.3. The van der Waals surface area contributed by atoms with Gasteiger partial charge in [0.2, 0.25) is 5.91 Å². The molecular weight excluding hydrogens is 396 g/mol. The van der Waals surface area contributed by atoms with E-state index in [-0.39, 0.29) is 25.5 Å². The second-order valence-corrected chi connectivity index (χ2v) is 7.39. The number of methoxy groups -OCH3 is 1. The Balaban J connectivity index is 1.59. The molecule has 7 heteroatoms. The number of hydrogen-bond acceptors (Lipinski definition) is 5. The van der Waals surface area contributed by atoms with Crippen LogP contribution in [-0.4, -0.2) is 38.0 Å². The fourth-order valence-corrected chi connectivity index (χ4v) is 3.78. The molecule has 2 amide bonds. The molecule has 0 aliphatic carbocycles. The summed E-state index contributed by atoms with van der Waals surface area (Å²) in [4.78, 5) is 38.9. The van der Waals surface area contributed by atoms with Crippen LogP contribution in [0.1, 0.15) is 31.4 Å². The van der Waals surface area contributed by atoms with Crippen molar-refractivity contribution in [1.29, 1.82) is 0 Å². The summed E-state index contributed by atoms with van der Waals surface area (Å²) >= 11 is 0. The summed E-state index contributed by atoms with van der Waals surface area (Å²) in [5.41, 5.74) is 3.47. The summed E-state index contributed by atoms with van der Waals surface area (Å²) in [5, 5.41) is 2.88. The van der Waals surface area contributed by atoms with E-state index in [1.807, 2.05) is 38.1 Å². The molecule has 0 saturated carbocycles. The minimum absolute atomic E-state index is 0.0388. The van der Waals surface area contributed by atoms with Gasteiger partial charge in [0.15, 0.2) is 6.61 Å². The molecule has 1 saturated heterocycles. The maximum Gasteiger partial charge on any atom is 0.311 e. The average molecular weight is 424 g/mol. The Labute approximate surface area is 182 Å². The van der Waals surface area contributed by atoms with E-state index in [4.69, 9.17) is 9.47 Å². The van der Waals surface area contributed by atoms with Crippen LogP contribution in [0.15, 0.2) is 42.5 Å². The van der Waals surface area contributed by atoms with Crippen LogP contribution in [0, 0.1) is 5.92 Å². The van der Waals surface area contributed by atoms with Crippen molar-refractivity contribution in [2.75, 3.05) is 30.5 Å². The van der Waals surface area contributed by atoms with Gasteiger partial charge in [-0.2, -0.15) is 0 Å². The Morgan fingerprint density at radius 3 is 2.39 bits per heavy atom. The van der Waals surface area contributed by atoms with Crippen LogP contribution < -0.4 is 15.0 Å². The highest BCUT2D eigenvalue weighted by Gasteiger charge is 2.37. The molecule has 1 atom stereocenters. The number of anilines is 2. The fourth-order valence-electron chi connectivity index (χ4n) is 3.78. The van der Waals surface area contributed by atoms with Gasteiger partial charge in [0.1, 0.15) is 5.75 Å². The standard InChI is InChI=1S/C24H28N2O5/c1-4-16-9-8-10-17(5-2)23(16)25-21(27)15-31-24(29)18-13-22(28)26(14-18)19-11-6-7-12-20(19)30-3/h6-12,18H,4-5,13-15H2,1-3H3,(H,25,27)/t18-/m0/s1. The molecule has 0 unspecified atom stereocenters. The largest absolute Gasteiger partial charge is 0.495 e. The number of aryl methyl sites for hydroxylation is 2. The quantitative estimate of drug-likeness (QED) is 0.657. The molecule has 1 aliphatic heterocycles. The monoisotopic (exact) mass is 424 g/mol. The molecule has 1 heterocycles. The molecular formula is C24H28N2O5. The highest BCUT2D eigenvalue weighted by molar-refractivity contribution is 6.01. The fraction of sp³-hybridized carbons (Fsp3) is 0.375. The number of nitrogens with zero attached hydrogens (tertiary/aromatic N) is 1. The zero-order valence-electron chi connectivity index (χ0n) is 18.1. The Bertz CT molecular complexity index is 950. The molecule has 1 aliphatic rings. The van der Waals surface area contributed by atoms with E-state index in [1.165, 1.54) is 12.0 Å². The van der Waals surface area contributed by atoms with Gasteiger partial charge in [-0.1, -0.05) is 44.2 Å². The number of amides is 2. The molecule has 0 bridgehead atoms. The lowest BCUT2D eigenvalue weighted by Gasteiger charge is -2.19. The van der Waals surface area contributed by atoms with E-state index < -0.39 is 17.8 Å². The lowest BCUT2D eigenvalue weighted by molar-refractivity contribution is -0.151. The van der Waals surface area contributed by atoms with Gasteiger partial charge in [-0.05, 0) is 36.1 Å². The molecule has 0 aromatic heterocycles. The predicted octanol–water partition coefficient (Wildman–Crippen LogP) is 3.35. The minimum atomic E-state index is -0.626. The second-order valence-electron chi connectivity index (χ2n) is 7.39.